The van der Waals surface area contributed by atoms with Crippen molar-refractivity contribution in [2.45, 2.75) is 27.4 Å². The Bertz CT molecular complexity index is 1260. The molecule has 1 amide bonds. The van der Waals surface area contributed by atoms with Gasteiger partial charge in [0.05, 0.1) is 21.8 Å². The predicted octanol–water partition coefficient (Wildman–Crippen LogP) is 7.24. The van der Waals surface area contributed by atoms with Crippen LogP contribution < -0.4 is 14.8 Å². The van der Waals surface area contributed by atoms with Gasteiger partial charge in [0.25, 0.3) is 5.91 Å². The Kier molecular flexibility index (Phi) is 8.75. The average Bonchev–Trinajstić information content (AvgIpc) is 2.79. The molecule has 7 heteroatoms. The van der Waals surface area contributed by atoms with Crippen molar-refractivity contribution in [2.75, 3.05) is 11.9 Å². The number of anilines is 1. The van der Waals surface area contributed by atoms with E-state index in [0.717, 1.165) is 16.7 Å². The number of nitrogens with zero attached hydrogens (tertiary/aromatic N) is 1. The molecule has 0 spiro atoms. The maximum absolute atomic E-state index is 12.8. The van der Waals surface area contributed by atoms with E-state index in [4.69, 9.17) is 21.1 Å². The van der Waals surface area contributed by atoms with Gasteiger partial charge in [0.2, 0.25) is 0 Å². The van der Waals surface area contributed by atoms with E-state index in [1.165, 1.54) is 6.08 Å². The molecule has 174 valence electrons. The highest BCUT2D eigenvalue weighted by molar-refractivity contribution is 9.10. The summed E-state index contributed by atoms with van der Waals surface area (Å²) in [7, 11) is 0. The first kappa shape index (κ1) is 25.4. The number of hydrogen-bond donors (Lipinski definition) is 1. The number of carbonyl (C=O) groups is 1. The van der Waals surface area contributed by atoms with Gasteiger partial charge in [-0.2, -0.15) is 5.26 Å². The van der Waals surface area contributed by atoms with Crippen molar-refractivity contribution in [3.8, 4) is 17.6 Å². The topological polar surface area (TPSA) is 71.3 Å². The highest BCUT2D eigenvalue weighted by Gasteiger charge is 2.16. The number of aryl methyl sites for hydroxylation is 2. The molecule has 0 aliphatic rings. The van der Waals surface area contributed by atoms with E-state index >= 15 is 0 Å². The van der Waals surface area contributed by atoms with Crippen LogP contribution in [0.3, 0.4) is 0 Å². The third kappa shape index (κ3) is 6.40. The number of hydrogen-bond acceptors (Lipinski definition) is 4. The number of benzene rings is 3. The van der Waals surface area contributed by atoms with E-state index in [-0.39, 0.29) is 5.57 Å². The van der Waals surface area contributed by atoms with E-state index in [1.54, 1.807) is 24.3 Å². The first-order valence-electron chi connectivity index (χ1n) is 10.6. The summed E-state index contributed by atoms with van der Waals surface area (Å²) in [5, 5.41) is 12.8. The van der Waals surface area contributed by atoms with Crippen LogP contribution in [0.5, 0.6) is 11.5 Å². The quantitative estimate of drug-likeness (QED) is 0.242. The first-order chi connectivity index (χ1) is 16.3. The van der Waals surface area contributed by atoms with Crippen LogP contribution in [0.2, 0.25) is 5.02 Å². The van der Waals surface area contributed by atoms with Crippen LogP contribution in [0.15, 0.2) is 64.6 Å². The van der Waals surface area contributed by atoms with Gasteiger partial charge in [-0.05, 0) is 77.7 Å². The monoisotopic (exact) mass is 538 g/mol. The molecule has 0 unspecified atom stereocenters. The Labute approximate surface area is 213 Å². The second-order valence-electron chi connectivity index (χ2n) is 7.60. The van der Waals surface area contributed by atoms with Crippen molar-refractivity contribution in [3.63, 3.8) is 0 Å². The lowest BCUT2D eigenvalue weighted by Gasteiger charge is -2.15. The van der Waals surface area contributed by atoms with Crippen molar-refractivity contribution in [2.24, 2.45) is 0 Å². The molecule has 0 aromatic heterocycles. The zero-order valence-corrected chi connectivity index (χ0v) is 21.5. The lowest BCUT2D eigenvalue weighted by Crippen LogP contribution is -2.14. The minimum absolute atomic E-state index is 0.0675. The third-order valence-corrected chi connectivity index (χ3v) is 5.84. The summed E-state index contributed by atoms with van der Waals surface area (Å²) in [6, 6.07) is 18.9. The lowest BCUT2D eigenvalue weighted by atomic mass is 10.1. The summed E-state index contributed by atoms with van der Waals surface area (Å²) < 4.78 is 12.5. The molecule has 3 aromatic rings. The van der Waals surface area contributed by atoms with Gasteiger partial charge < -0.3 is 14.8 Å². The van der Waals surface area contributed by atoms with Crippen LogP contribution in [0.4, 0.5) is 5.69 Å². The molecule has 3 aromatic carbocycles. The van der Waals surface area contributed by atoms with Crippen molar-refractivity contribution in [1.82, 2.24) is 0 Å². The van der Waals surface area contributed by atoms with E-state index in [2.05, 4.69) is 27.3 Å². The van der Waals surface area contributed by atoms with Crippen LogP contribution in [0, 0.1) is 25.2 Å². The van der Waals surface area contributed by atoms with E-state index in [1.807, 2.05) is 51.1 Å². The molecular weight excluding hydrogens is 516 g/mol. The van der Waals surface area contributed by atoms with Crippen molar-refractivity contribution in [3.05, 3.63) is 91.9 Å². The van der Waals surface area contributed by atoms with Crippen LogP contribution in [-0.2, 0) is 11.4 Å². The highest BCUT2D eigenvalue weighted by atomic mass is 79.9. The van der Waals surface area contributed by atoms with Crippen LogP contribution in [-0.4, -0.2) is 12.5 Å². The van der Waals surface area contributed by atoms with E-state index in [0.29, 0.717) is 45.5 Å². The molecule has 0 heterocycles. The normalized spacial score (nSPS) is 11.0. The molecule has 0 radical (unpaired) electrons. The van der Waals surface area contributed by atoms with Crippen LogP contribution in [0.25, 0.3) is 6.08 Å². The van der Waals surface area contributed by atoms with Gasteiger partial charge in [0.1, 0.15) is 18.2 Å². The molecule has 1 N–H and O–H groups in total. The fourth-order valence-electron chi connectivity index (χ4n) is 3.32. The number of para-hydroxylation sites is 1. The molecule has 34 heavy (non-hydrogen) atoms. The molecule has 0 atom stereocenters. The third-order valence-electron chi connectivity index (χ3n) is 4.93. The average molecular weight is 540 g/mol. The SMILES string of the molecule is CCOc1cc(/C=C(\C#N)C(=O)Nc2c(C)cccc2Cl)cc(Br)c1OCc1cccc(C)c1. The minimum atomic E-state index is -0.549. The van der Waals surface area contributed by atoms with Gasteiger partial charge in [0, 0.05) is 0 Å². The molecule has 3 rings (SSSR count). The van der Waals surface area contributed by atoms with Gasteiger partial charge in [-0.15, -0.1) is 0 Å². The van der Waals surface area contributed by atoms with E-state index in [9.17, 15) is 10.1 Å². The Morgan fingerprint density at radius 2 is 1.91 bits per heavy atom. The Hall–Kier alpha value is -3.27. The van der Waals surface area contributed by atoms with Gasteiger partial charge in [-0.25, -0.2) is 0 Å². The first-order valence-corrected chi connectivity index (χ1v) is 11.8. The second-order valence-corrected chi connectivity index (χ2v) is 8.86. The minimum Gasteiger partial charge on any atom is -0.490 e. The second kappa shape index (κ2) is 11.7. The Morgan fingerprint density at radius 1 is 1.15 bits per heavy atom. The number of carbonyl (C=O) groups excluding carboxylic acids is 1. The summed E-state index contributed by atoms with van der Waals surface area (Å²) in [4.78, 5) is 12.8. The Morgan fingerprint density at radius 3 is 2.59 bits per heavy atom. The summed E-state index contributed by atoms with van der Waals surface area (Å²) in [6.45, 7) is 6.54. The molecule has 0 saturated carbocycles. The molecule has 5 nitrogen and oxygen atoms in total. The Balaban J connectivity index is 1.87. The number of nitriles is 1. The predicted molar refractivity (Wildman–Crippen MR) is 139 cm³/mol. The molecule has 0 fully saturated rings. The summed E-state index contributed by atoms with van der Waals surface area (Å²) in [5.74, 6) is 0.512. The standard InChI is InChI=1S/C27H24BrClN2O3/c1-4-33-24-14-20(13-22(28)26(24)34-16-19-9-5-7-17(2)11-19)12-21(15-30)27(32)31-25-18(3)8-6-10-23(25)29/h5-14H,4,16H2,1-3H3,(H,31,32)/b21-12+. The number of halogens is 2. The number of ether oxygens (including phenoxy) is 2. The number of amides is 1. The van der Waals surface area contributed by atoms with Gasteiger partial charge in [0.15, 0.2) is 11.5 Å². The zero-order chi connectivity index (χ0) is 24.7. The summed E-state index contributed by atoms with van der Waals surface area (Å²) >= 11 is 9.75. The molecule has 0 saturated heterocycles. The summed E-state index contributed by atoms with van der Waals surface area (Å²) in [6.07, 6.45) is 1.50. The maximum Gasteiger partial charge on any atom is 0.266 e. The van der Waals surface area contributed by atoms with Crippen molar-refractivity contribution < 1.29 is 14.3 Å². The highest BCUT2D eigenvalue weighted by Crippen LogP contribution is 2.38. The smallest absolute Gasteiger partial charge is 0.266 e. The molecule has 0 aliphatic heterocycles. The van der Waals surface area contributed by atoms with Gasteiger partial charge >= 0.3 is 0 Å². The molecular formula is C27H24BrClN2O3. The van der Waals surface area contributed by atoms with Crippen molar-refractivity contribution >= 4 is 45.2 Å². The maximum atomic E-state index is 12.8. The van der Waals surface area contributed by atoms with Crippen LogP contribution >= 0.6 is 27.5 Å². The van der Waals surface area contributed by atoms with Crippen molar-refractivity contribution in [1.29, 1.82) is 5.26 Å². The number of rotatable bonds is 8. The number of nitrogens with one attached hydrogen (secondary N) is 1. The van der Waals surface area contributed by atoms with Gasteiger partial charge in [-0.3, -0.25) is 4.79 Å². The fourth-order valence-corrected chi connectivity index (χ4v) is 4.16. The van der Waals surface area contributed by atoms with Gasteiger partial charge in [-0.1, -0.05) is 53.6 Å². The molecule has 0 bridgehead atoms. The largest absolute Gasteiger partial charge is 0.490 e. The van der Waals surface area contributed by atoms with Crippen LogP contribution in [0.1, 0.15) is 29.2 Å². The fraction of sp³-hybridized carbons (Fsp3) is 0.185. The van der Waals surface area contributed by atoms with E-state index < -0.39 is 5.91 Å². The zero-order valence-electron chi connectivity index (χ0n) is 19.1. The lowest BCUT2D eigenvalue weighted by molar-refractivity contribution is -0.112. The molecule has 0 aliphatic carbocycles. The summed E-state index contributed by atoms with van der Waals surface area (Å²) in [5.41, 5.74) is 4.01.